The molecule has 1 N–H and O–H groups in total. The molecule has 0 spiro atoms. The van der Waals surface area contributed by atoms with Crippen molar-refractivity contribution in [1.82, 2.24) is 10.2 Å². The van der Waals surface area contributed by atoms with Gasteiger partial charge < -0.3 is 15.0 Å². The Morgan fingerprint density at radius 1 is 1.07 bits per heavy atom. The van der Waals surface area contributed by atoms with Crippen LogP contribution < -0.4 is 5.32 Å². The molecule has 5 nitrogen and oxygen atoms in total. The van der Waals surface area contributed by atoms with E-state index in [1.165, 1.54) is 19.3 Å². The minimum Gasteiger partial charge on any atom is -0.369 e. The van der Waals surface area contributed by atoms with Gasteiger partial charge in [-0.2, -0.15) is 0 Å². The van der Waals surface area contributed by atoms with Crippen LogP contribution in [0.25, 0.3) is 0 Å². The maximum atomic E-state index is 13.2. The fourth-order valence-electron chi connectivity index (χ4n) is 6.41. The van der Waals surface area contributed by atoms with Gasteiger partial charge in [-0.25, -0.2) is 0 Å². The first kappa shape index (κ1) is 17.2. The average Bonchev–Trinajstić information content (AvgIpc) is 2.62. The number of carbonyl (C=O) groups excluding carboxylic acids is 2. The first-order chi connectivity index (χ1) is 13.1. The lowest BCUT2D eigenvalue weighted by Crippen LogP contribution is -2.64. The number of morpholine rings is 1. The molecule has 5 heteroatoms. The van der Waals surface area contributed by atoms with E-state index >= 15 is 0 Å². The summed E-state index contributed by atoms with van der Waals surface area (Å²) in [5.74, 6) is 2.21. The Labute approximate surface area is 160 Å². The first-order valence-corrected chi connectivity index (χ1v) is 10.3. The second-order valence-corrected chi connectivity index (χ2v) is 9.23. The highest BCUT2D eigenvalue weighted by molar-refractivity contribution is 5.89. The van der Waals surface area contributed by atoms with E-state index in [4.69, 9.17) is 4.74 Å². The highest BCUT2D eigenvalue weighted by atomic mass is 16.5. The van der Waals surface area contributed by atoms with Gasteiger partial charge in [-0.1, -0.05) is 30.3 Å². The molecule has 2 amide bonds. The Balaban J connectivity index is 1.32. The number of hydrogen-bond donors (Lipinski definition) is 1. The van der Waals surface area contributed by atoms with Crippen molar-refractivity contribution in [1.29, 1.82) is 0 Å². The van der Waals surface area contributed by atoms with Crippen LogP contribution in [0.3, 0.4) is 0 Å². The van der Waals surface area contributed by atoms with E-state index in [1.54, 1.807) is 4.90 Å². The van der Waals surface area contributed by atoms with Gasteiger partial charge in [-0.3, -0.25) is 9.59 Å². The normalized spacial score (nSPS) is 37.5. The number of benzene rings is 1. The minimum absolute atomic E-state index is 0.0269. The van der Waals surface area contributed by atoms with Crippen molar-refractivity contribution in [3.63, 3.8) is 0 Å². The fraction of sp³-hybridized carbons (Fsp3) is 0.636. The lowest BCUT2D eigenvalue weighted by molar-refractivity contribution is -0.157. The molecule has 4 saturated carbocycles. The molecule has 4 bridgehead atoms. The quantitative estimate of drug-likeness (QED) is 0.888. The molecule has 0 unspecified atom stereocenters. The highest BCUT2D eigenvalue weighted by Gasteiger charge is 2.52. The zero-order valence-corrected chi connectivity index (χ0v) is 15.7. The SMILES string of the molecule is O=C(NC12CC3CC(CC(C3)C1)C2)[C@@H]1COCC(=O)N1Cc1ccccc1. The second-order valence-electron chi connectivity index (χ2n) is 9.23. The summed E-state index contributed by atoms with van der Waals surface area (Å²) in [5.41, 5.74) is 1.01. The van der Waals surface area contributed by atoms with Crippen LogP contribution in [0.4, 0.5) is 0 Å². The van der Waals surface area contributed by atoms with Crippen LogP contribution in [-0.4, -0.2) is 41.5 Å². The monoisotopic (exact) mass is 368 g/mol. The van der Waals surface area contributed by atoms with Gasteiger partial charge in [0.05, 0.1) is 6.61 Å². The molecule has 1 aromatic rings. The Morgan fingerprint density at radius 3 is 2.33 bits per heavy atom. The minimum atomic E-state index is -0.528. The smallest absolute Gasteiger partial charge is 0.249 e. The van der Waals surface area contributed by atoms with Gasteiger partial charge in [0.15, 0.2) is 0 Å². The van der Waals surface area contributed by atoms with Crippen LogP contribution in [0.1, 0.15) is 44.1 Å². The molecule has 0 aromatic heterocycles. The molecule has 144 valence electrons. The van der Waals surface area contributed by atoms with Crippen molar-refractivity contribution in [2.45, 2.75) is 56.7 Å². The van der Waals surface area contributed by atoms with E-state index in [0.29, 0.717) is 6.54 Å². The van der Waals surface area contributed by atoms with Gasteiger partial charge in [-0.05, 0) is 61.8 Å². The van der Waals surface area contributed by atoms with Crippen LogP contribution >= 0.6 is 0 Å². The molecule has 5 fully saturated rings. The molecular formula is C22H28N2O3. The predicted molar refractivity (Wildman–Crippen MR) is 101 cm³/mol. The standard InChI is InChI=1S/C22H28N2O3/c25-20-14-27-13-19(24(20)12-15-4-2-1-3-5-15)21(26)23-22-9-16-6-17(10-22)8-18(7-16)11-22/h1-5,16-19H,6-14H2,(H,23,26)/t16?,17?,18?,19-,22?/m0/s1. The number of hydrogen-bond acceptors (Lipinski definition) is 3. The molecule has 1 heterocycles. The maximum absolute atomic E-state index is 13.2. The molecule has 4 aliphatic carbocycles. The molecule has 27 heavy (non-hydrogen) atoms. The van der Waals surface area contributed by atoms with Crippen LogP contribution in [0, 0.1) is 17.8 Å². The Bertz CT molecular complexity index is 697. The van der Waals surface area contributed by atoms with Crippen molar-refractivity contribution in [2.75, 3.05) is 13.2 Å². The van der Waals surface area contributed by atoms with Crippen LogP contribution in [0.15, 0.2) is 30.3 Å². The summed E-state index contributed by atoms with van der Waals surface area (Å²) < 4.78 is 5.45. The number of nitrogens with one attached hydrogen (secondary N) is 1. The van der Waals surface area contributed by atoms with E-state index in [9.17, 15) is 9.59 Å². The van der Waals surface area contributed by atoms with Gasteiger partial charge >= 0.3 is 0 Å². The number of amides is 2. The number of ether oxygens (including phenoxy) is 1. The fourth-order valence-corrected chi connectivity index (χ4v) is 6.41. The van der Waals surface area contributed by atoms with Crippen LogP contribution in [-0.2, 0) is 20.9 Å². The molecule has 1 saturated heterocycles. The van der Waals surface area contributed by atoms with E-state index in [-0.39, 0.29) is 30.6 Å². The summed E-state index contributed by atoms with van der Waals surface area (Å²) in [6, 6.07) is 9.35. The van der Waals surface area contributed by atoms with Gasteiger partial charge in [0.2, 0.25) is 11.8 Å². The van der Waals surface area contributed by atoms with Crippen LogP contribution in [0.5, 0.6) is 0 Å². The molecule has 1 aliphatic heterocycles. The third kappa shape index (κ3) is 3.27. The van der Waals surface area contributed by atoms with Crippen LogP contribution in [0.2, 0.25) is 0 Å². The summed E-state index contributed by atoms with van der Waals surface area (Å²) in [4.78, 5) is 27.4. The summed E-state index contributed by atoms with van der Waals surface area (Å²) >= 11 is 0. The maximum Gasteiger partial charge on any atom is 0.249 e. The summed E-state index contributed by atoms with van der Waals surface area (Å²) in [6.07, 6.45) is 7.39. The van der Waals surface area contributed by atoms with Crippen molar-refractivity contribution in [2.24, 2.45) is 17.8 Å². The highest BCUT2D eigenvalue weighted by Crippen LogP contribution is 2.55. The van der Waals surface area contributed by atoms with Crippen molar-refractivity contribution < 1.29 is 14.3 Å². The number of rotatable bonds is 4. The average molecular weight is 368 g/mol. The van der Waals surface area contributed by atoms with Gasteiger partial charge in [0.25, 0.3) is 0 Å². The van der Waals surface area contributed by atoms with Gasteiger partial charge in [-0.15, -0.1) is 0 Å². The van der Waals surface area contributed by atoms with E-state index in [0.717, 1.165) is 42.6 Å². The zero-order chi connectivity index (χ0) is 18.4. The lowest BCUT2D eigenvalue weighted by atomic mass is 9.53. The molecule has 0 radical (unpaired) electrons. The van der Waals surface area contributed by atoms with Crippen molar-refractivity contribution >= 4 is 11.8 Å². The topological polar surface area (TPSA) is 58.6 Å². The van der Waals surface area contributed by atoms with Gasteiger partial charge in [0, 0.05) is 12.1 Å². The van der Waals surface area contributed by atoms with Crippen molar-refractivity contribution in [3.05, 3.63) is 35.9 Å². The summed E-state index contributed by atoms with van der Waals surface area (Å²) in [6.45, 7) is 0.812. The Morgan fingerprint density at radius 2 is 1.70 bits per heavy atom. The van der Waals surface area contributed by atoms with E-state index < -0.39 is 6.04 Å². The lowest BCUT2D eigenvalue weighted by Gasteiger charge is -2.57. The van der Waals surface area contributed by atoms with E-state index in [1.807, 2.05) is 30.3 Å². The molecular weight excluding hydrogens is 340 g/mol. The molecule has 6 rings (SSSR count). The third-order valence-corrected chi connectivity index (χ3v) is 7.12. The zero-order valence-electron chi connectivity index (χ0n) is 15.7. The molecule has 1 aromatic carbocycles. The Kier molecular flexibility index (Phi) is 4.23. The van der Waals surface area contributed by atoms with E-state index in [2.05, 4.69) is 5.32 Å². The first-order valence-electron chi connectivity index (χ1n) is 10.3. The second kappa shape index (κ2) is 6.62. The molecule has 5 aliphatic rings. The third-order valence-electron chi connectivity index (χ3n) is 7.12. The van der Waals surface area contributed by atoms with Crippen molar-refractivity contribution in [3.8, 4) is 0 Å². The number of carbonyl (C=O) groups is 2. The Hall–Kier alpha value is -1.88. The number of nitrogens with zero attached hydrogens (tertiary/aromatic N) is 1. The van der Waals surface area contributed by atoms with Gasteiger partial charge in [0.1, 0.15) is 12.6 Å². The summed E-state index contributed by atoms with van der Waals surface area (Å²) in [5, 5.41) is 3.42. The predicted octanol–water partition coefficient (Wildman–Crippen LogP) is 2.50. The molecule has 1 atom stereocenters. The largest absolute Gasteiger partial charge is 0.369 e. The summed E-state index contributed by atoms with van der Waals surface area (Å²) in [7, 11) is 0.